The predicted molar refractivity (Wildman–Crippen MR) is 58.8 cm³/mol. The van der Waals surface area contributed by atoms with Crippen LogP contribution in [0, 0.1) is 16.7 Å². The van der Waals surface area contributed by atoms with Gasteiger partial charge in [-0.15, -0.1) is 0 Å². The monoisotopic (exact) mass is 187 g/mol. The Bertz CT molecular complexity index is 129. The van der Waals surface area contributed by atoms with Crippen LogP contribution in [-0.2, 0) is 0 Å². The molecule has 0 spiro atoms. The molecule has 0 saturated carbocycles. The highest BCUT2D eigenvalue weighted by Gasteiger charge is 2.13. The van der Waals surface area contributed by atoms with Gasteiger partial charge >= 0.3 is 0 Å². The van der Waals surface area contributed by atoms with Gasteiger partial charge in [-0.3, -0.25) is 0 Å². The number of hydrogen-bond acceptors (Lipinski definition) is 2. The molecule has 1 N–H and O–H groups in total. The summed E-state index contributed by atoms with van der Waals surface area (Å²) < 4.78 is 0. The van der Waals surface area contributed by atoms with Crippen LogP contribution in [0.15, 0.2) is 0 Å². The fourth-order valence-corrected chi connectivity index (χ4v) is 1.19. The van der Waals surface area contributed by atoms with Gasteiger partial charge in [0.05, 0.1) is 5.16 Å². The van der Waals surface area contributed by atoms with Gasteiger partial charge in [-0.05, 0) is 30.0 Å². The molecule has 0 aliphatic carbocycles. The first-order valence-corrected chi connectivity index (χ1v) is 4.82. The second-order valence-electron chi connectivity index (χ2n) is 4.38. The molecule has 0 fully saturated rings. The second-order valence-corrected chi connectivity index (χ2v) is 4.58. The van der Waals surface area contributed by atoms with Gasteiger partial charge in [-0.25, -0.2) is 5.41 Å². The fourth-order valence-electron chi connectivity index (χ4n) is 1.19. The summed E-state index contributed by atoms with van der Waals surface area (Å²) in [5, 5.41) is 7.36. The minimum Gasteiger partial charge on any atom is -0.248 e. The Labute approximate surface area is 82.1 Å². The molecule has 0 rings (SSSR count). The van der Waals surface area contributed by atoms with Gasteiger partial charge in [0, 0.05) is 0 Å². The fraction of sp³-hybridized carbons (Fsp3) is 0.900. The number of hydrogen-bond donors (Lipinski definition) is 1. The van der Waals surface area contributed by atoms with Crippen molar-refractivity contribution in [3.05, 3.63) is 0 Å². The second kappa shape index (κ2) is 7.45. The molecule has 0 heterocycles. The first-order valence-electron chi connectivity index (χ1n) is 4.41. The van der Waals surface area contributed by atoms with E-state index in [1.807, 2.05) is 0 Å². The lowest BCUT2D eigenvalue weighted by Gasteiger charge is -2.21. The molecule has 12 heavy (non-hydrogen) atoms. The molecular formula is C10H21NS. The molecule has 0 aliphatic heterocycles. The third-order valence-electron chi connectivity index (χ3n) is 1.66. The van der Waals surface area contributed by atoms with Crippen molar-refractivity contribution in [2.24, 2.45) is 11.3 Å². The van der Waals surface area contributed by atoms with Crippen LogP contribution in [0.1, 0.15) is 47.5 Å². The molecule has 72 valence electrons. The Morgan fingerprint density at radius 1 is 1.42 bits per heavy atom. The molecular weight excluding hydrogens is 166 g/mol. The maximum Gasteiger partial charge on any atom is 0.0554 e. The average Bonchev–Trinajstić information content (AvgIpc) is 1.86. The van der Waals surface area contributed by atoms with E-state index in [4.69, 9.17) is 5.41 Å². The summed E-state index contributed by atoms with van der Waals surface area (Å²) in [6, 6.07) is 0. The molecule has 0 aromatic carbocycles. The summed E-state index contributed by atoms with van der Waals surface area (Å²) >= 11 is 3.81. The summed E-state index contributed by atoms with van der Waals surface area (Å²) in [6.45, 7) is 11.5. The zero-order valence-corrected chi connectivity index (χ0v) is 9.72. The number of isothiocyanates is 1. The third-order valence-corrected chi connectivity index (χ3v) is 1.66. The van der Waals surface area contributed by atoms with Crippen molar-refractivity contribution in [3.8, 4) is 0 Å². The quantitative estimate of drug-likeness (QED) is 0.510. The summed E-state index contributed by atoms with van der Waals surface area (Å²) in [5.41, 5.74) is 0.523. The van der Waals surface area contributed by atoms with Gasteiger partial charge in [0.1, 0.15) is 0 Å². The van der Waals surface area contributed by atoms with E-state index in [2.05, 4.69) is 46.8 Å². The molecule has 0 radical (unpaired) electrons. The summed E-state index contributed by atoms with van der Waals surface area (Å²) in [5.74, 6) is 0.894. The molecule has 0 bridgehead atoms. The molecule has 1 unspecified atom stereocenters. The van der Waals surface area contributed by atoms with E-state index >= 15 is 0 Å². The van der Waals surface area contributed by atoms with Crippen molar-refractivity contribution in [1.82, 2.24) is 0 Å². The lowest BCUT2D eigenvalue weighted by Crippen LogP contribution is -2.09. The highest BCUT2D eigenvalue weighted by molar-refractivity contribution is 7.78. The van der Waals surface area contributed by atoms with Crippen LogP contribution in [0.25, 0.3) is 0 Å². The molecule has 1 nitrogen and oxygen atoms in total. The molecule has 0 aliphatic rings. The lowest BCUT2D eigenvalue weighted by atomic mass is 9.84. The van der Waals surface area contributed by atoms with Gasteiger partial charge in [0.15, 0.2) is 0 Å². The smallest absolute Gasteiger partial charge is 0.0554 e. The highest BCUT2D eigenvalue weighted by atomic mass is 32.1. The van der Waals surface area contributed by atoms with Crippen molar-refractivity contribution >= 4 is 17.4 Å². The lowest BCUT2D eigenvalue weighted by molar-refractivity contribution is 0.302. The minimum atomic E-state index is 0.523. The Morgan fingerprint density at radius 3 is 1.83 bits per heavy atom. The van der Waals surface area contributed by atoms with Crippen molar-refractivity contribution in [2.75, 3.05) is 0 Å². The Morgan fingerprint density at radius 2 is 1.75 bits per heavy atom. The van der Waals surface area contributed by atoms with Gasteiger partial charge in [0.25, 0.3) is 0 Å². The van der Waals surface area contributed by atoms with E-state index in [-0.39, 0.29) is 0 Å². The van der Waals surface area contributed by atoms with Gasteiger partial charge in [-0.2, -0.15) is 0 Å². The van der Waals surface area contributed by atoms with Crippen LogP contribution in [-0.4, -0.2) is 5.16 Å². The zero-order valence-electron chi connectivity index (χ0n) is 8.90. The maximum atomic E-state index is 5.77. The van der Waals surface area contributed by atoms with Crippen LogP contribution >= 0.6 is 12.2 Å². The molecule has 0 aromatic heterocycles. The first kappa shape index (κ1) is 14.3. The number of thiocarbonyl (C=S) groups is 1. The van der Waals surface area contributed by atoms with E-state index in [0.29, 0.717) is 5.41 Å². The predicted octanol–water partition coefficient (Wildman–Crippen LogP) is 4.14. The van der Waals surface area contributed by atoms with Gasteiger partial charge < -0.3 is 0 Å². The topological polar surface area (TPSA) is 23.9 Å². The molecule has 1 atom stereocenters. The average molecular weight is 187 g/mol. The normalized spacial score (nSPS) is 12.4. The SMILES string of the molecule is CCC(C)CC(C)(C)C.N=C=S. The van der Waals surface area contributed by atoms with E-state index in [0.717, 1.165) is 5.92 Å². The first-order chi connectivity index (χ1) is 5.37. The zero-order chi connectivity index (χ0) is 10.2. The Kier molecular flexibility index (Phi) is 8.90. The van der Waals surface area contributed by atoms with Gasteiger partial charge in [-0.1, -0.05) is 41.0 Å². The maximum absolute atomic E-state index is 5.77. The summed E-state index contributed by atoms with van der Waals surface area (Å²) in [7, 11) is 0. The van der Waals surface area contributed by atoms with Crippen molar-refractivity contribution < 1.29 is 0 Å². The van der Waals surface area contributed by atoms with Crippen molar-refractivity contribution in [2.45, 2.75) is 47.5 Å². The Balaban J connectivity index is 0. The van der Waals surface area contributed by atoms with Crippen LogP contribution in [0.5, 0.6) is 0 Å². The summed E-state index contributed by atoms with van der Waals surface area (Å²) in [6.07, 6.45) is 2.67. The van der Waals surface area contributed by atoms with E-state index in [1.54, 1.807) is 5.16 Å². The van der Waals surface area contributed by atoms with Crippen molar-refractivity contribution in [3.63, 3.8) is 0 Å². The molecule has 0 amide bonds. The largest absolute Gasteiger partial charge is 0.248 e. The summed E-state index contributed by atoms with van der Waals surface area (Å²) in [4.78, 5) is 0. The minimum absolute atomic E-state index is 0.523. The van der Waals surface area contributed by atoms with Crippen LogP contribution in [0.4, 0.5) is 0 Å². The molecule has 2 heteroatoms. The van der Waals surface area contributed by atoms with E-state index < -0.39 is 0 Å². The van der Waals surface area contributed by atoms with E-state index in [9.17, 15) is 0 Å². The molecule has 0 saturated heterocycles. The van der Waals surface area contributed by atoms with Crippen molar-refractivity contribution in [1.29, 1.82) is 5.41 Å². The third kappa shape index (κ3) is 16.4. The van der Waals surface area contributed by atoms with Crippen LogP contribution in [0.2, 0.25) is 0 Å². The Hall–Kier alpha value is -0.200. The molecule has 0 aromatic rings. The van der Waals surface area contributed by atoms with Gasteiger partial charge in [0.2, 0.25) is 0 Å². The van der Waals surface area contributed by atoms with Crippen LogP contribution < -0.4 is 0 Å². The van der Waals surface area contributed by atoms with Crippen LogP contribution in [0.3, 0.4) is 0 Å². The standard InChI is InChI=1S/C9H20.CHNS/c1-6-8(2)7-9(3,4)5;2-1-3/h8H,6-7H2,1-5H3;2H. The number of nitrogens with one attached hydrogen (secondary N) is 1. The number of rotatable bonds is 2. The van der Waals surface area contributed by atoms with E-state index in [1.165, 1.54) is 12.8 Å². The highest BCUT2D eigenvalue weighted by Crippen LogP contribution is 2.25.